The van der Waals surface area contributed by atoms with Gasteiger partial charge in [0.2, 0.25) is 0 Å². The minimum atomic E-state index is -0.0569. The van der Waals surface area contributed by atoms with E-state index in [4.69, 9.17) is 4.74 Å². The molecular formula is C20H24N4O2. The number of hydrogen-bond donors (Lipinski definition) is 1. The monoisotopic (exact) mass is 352 g/mol. The number of amides is 1. The average molecular weight is 352 g/mol. The summed E-state index contributed by atoms with van der Waals surface area (Å²) in [6, 6.07) is 16.7. The van der Waals surface area contributed by atoms with E-state index in [0.29, 0.717) is 12.1 Å². The first-order chi connectivity index (χ1) is 12.8. The lowest BCUT2D eigenvalue weighted by Gasteiger charge is -2.26. The maximum absolute atomic E-state index is 12.2. The van der Waals surface area contributed by atoms with Gasteiger partial charge in [-0.25, -0.2) is 0 Å². The zero-order valence-electron chi connectivity index (χ0n) is 14.8. The molecular weight excluding hydrogens is 328 g/mol. The summed E-state index contributed by atoms with van der Waals surface area (Å²) in [6.45, 7) is 5.23. The van der Waals surface area contributed by atoms with Crippen LogP contribution in [0.3, 0.4) is 0 Å². The molecule has 0 aliphatic carbocycles. The first kappa shape index (κ1) is 18.2. The molecule has 1 amide bonds. The molecule has 1 heterocycles. The Morgan fingerprint density at radius 2 is 1.62 bits per heavy atom. The number of azo groups is 1. The zero-order valence-corrected chi connectivity index (χ0v) is 14.8. The number of hydrogen-bond acceptors (Lipinski definition) is 5. The Morgan fingerprint density at radius 1 is 0.962 bits per heavy atom. The quantitative estimate of drug-likeness (QED) is 0.612. The van der Waals surface area contributed by atoms with Crippen LogP contribution in [0.15, 0.2) is 64.8 Å². The Morgan fingerprint density at radius 3 is 2.31 bits per heavy atom. The molecule has 0 unspecified atom stereocenters. The van der Waals surface area contributed by atoms with E-state index < -0.39 is 0 Å². The van der Waals surface area contributed by atoms with Crippen molar-refractivity contribution in [1.29, 1.82) is 0 Å². The van der Waals surface area contributed by atoms with E-state index in [2.05, 4.69) is 20.4 Å². The summed E-state index contributed by atoms with van der Waals surface area (Å²) in [6.07, 6.45) is 0.940. The molecule has 0 aromatic heterocycles. The second-order valence-electron chi connectivity index (χ2n) is 6.15. The van der Waals surface area contributed by atoms with Gasteiger partial charge in [-0.2, -0.15) is 10.2 Å². The molecule has 1 N–H and O–H groups in total. The largest absolute Gasteiger partial charge is 0.379 e. The number of carbonyl (C=O) groups excluding carboxylic acids is 1. The van der Waals surface area contributed by atoms with Gasteiger partial charge in [-0.05, 0) is 49.4 Å². The Hall–Kier alpha value is -2.57. The molecule has 1 saturated heterocycles. The standard InChI is InChI=1S/C20H24N4O2/c25-20(21-11-4-12-24-13-15-26-16-14-24)17-7-9-19(10-8-17)23-22-18-5-2-1-3-6-18/h1-3,5-10H,4,11-16H2,(H,21,25). The Labute approximate surface area is 153 Å². The molecule has 6 nitrogen and oxygen atoms in total. The Kier molecular flexibility index (Phi) is 6.87. The molecule has 2 aromatic rings. The SMILES string of the molecule is O=C(NCCCN1CCOCC1)c1ccc(N=Nc2ccccc2)cc1. The van der Waals surface area contributed by atoms with Gasteiger partial charge >= 0.3 is 0 Å². The van der Waals surface area contributed by atoms with Crippen molar-refractivity contribution in [2.75, 3.05) is 39.4 Å². The molecule has 26 heavy (non-hydrogen) atoms. The topological polar surface area (TPSA) is 66.3 Å². The Bertz CT molecular complexity index is 710. The summed E-state index contributed by atoms with van der Waals surface area (Å²) in [5.41, 5.74) is 2.15. The highest BCUT2D eigenvalue weighted by molar-refractivity contribution is 5.94. The highest BCUT2D eigenvalue weighted by Crippen LogP contribution is 2.18. The van der Waals surface area contributed by atoms with E-state index in [0.717, 1.165) is 50.6 Å². The summed E-state index contributed by atoms with van der Waals surface area (Å²) >= 11 is 0. The maximum atomic E-state index is 12.2. The van der Waals surface area contributed by atoms with Crippen molar-refractivity contribution in [3.05, 3.63) is 60.2 Å². The summed E-state index contributed by atoms with van der Waals surface area (Å²) in [4.78, 5) is 14.6. The number of carbonyl (C=O) groups is 1. The number of nitrogens with one attached hydrogen (secondary N) is 1. The number of benzene rings is 2. The smallest absolute Gasteiger partial charge is 0.251 e. The third kappa shape index (κ3) is 5.75. The molecule has 0 saturated carbocycles. The van der Waals surface area contributed by atoms with E-state index >= 15 is 0 Å². The van der Waals surface area contributed by atoms with Gasteiger partial charge in [0.05, 0.1) is 24.6 Å². The van der Waals surface area contributed by atoms with E-state index in [1.165, 1.54) is 0 Å². The van der Waals surface area contributed by atoms with Crippen molar-refractivity contribution >= 4 is 17.3 Å². The molecule has 1 fully saturated rings. The lowest BCUT2D eigenvalue weighted by atomic mass is 10.2. The van der Waals surface area contributed by atoms with Gasteiger partial charge < -0.3 is 10.1 Å². The predicted molar refractivity (Wildman–Crippen MR) is 101 cm³/mol. The minimum absolute atomic E-state index is 0.0569. The first-order valence-corrected chi connectivity index (χ1v) is 8.96. The normalized spacial score (nSPS) is 15.2. The third-order valence-electron chi connectivity index (χ3n) is 4.21. The summed E-state index contributed by atoms with van der Waals surface area (Å²) in [5, 5.41) is 11.3. The van der Waals surface area contributed by atoms with Crippen molar-refractivity contribution in [1.82, 2.24) is 10.2 Å². The average Bonchev–Trinajstić information content (AvgIpc) is 2.71. The van der Waals surface area contributed by atoms with Crippen LogP contribution in [0, 0.1) is 0 Å². The van der Waals surface area contributed by atoms with Crippen LogP contribution in [0.4, 0.5) is 11.4 Å². The van der Waals surface area contributed by atoms with Crippen molar-refractivity contribution in [2.24, 2.45) is 10.2 Å². The van der Waals surface area contributed by atoms with Gasteiger partial charge in [0.25, 0.3) is 5.91 Å². The molecule has 3 rings (SSSR count). The van der Waals surface area contributed by atoms with Crippen LogP contribution in [0.25, 0.3) is 0 Å². The van der Waals surface area contributed by atoms with Crippen molar-refractivity contribution in [3.8, 4) is 0 Å². The van der Waals surface area contributed by atoms with E-state index in [1.807, 2.05) is 30.3 Å². The summed E-state index contributed by atoms with van der Waals surface area (Å²) < 4.78 is 5.33. The highest BCUT2D eigenvalue weighted by Gasteiger charge is 2.10. The maximum Gasteiger partial charge on any atom is 0.251 e. The predicted octanol–water partition coefficient (Wildman–Crippen LogP) is 3.55. The van der Waals surface area contributed by atoms with Crippen LogP contribution in [0.2, 0.25) is 0 Å². The van der Waals surface area contributed by atoms with Crippen molar-refractivity contribution in [2.45, 2.75) is 6.42 Å². The van der Waals surface area contributed by atoms with Crippen LogP contribution in [0.5, 0.6) is 0 Å². The molecule has 0 spiro atoms. The fourth-order valence-corrected chi connectivity index (χ4v) is 2.72. The molecule has 0 bridgehead atoms. The minimum Gasteiger partial charge on any atom is -0.379 e. The third-order valence-corrected chi connectivity index (χ3v) is 4.21. The molecule has 2 aromatic carbocycles. The number of rotatable bonds is 7. The molecule has 136 valence electrons. The molecule has 0 atom stereocenters. The lowest BCUT2D eigenvalue weighted by Crippen LogP contribution is -2.38. The van der Waals surface area contributed by atoms with Gasteiger partial charge in [0.1, 0.15) is 0 Å². The molecule has 0 radical (unpaired) electrons. The van der Waals surface area contributed by atoms with Gasteiger partial charge in [-0.1, -0.05) is 18.2 Å². The van der Waals surface area contributed by atoms with E-state index in [9.17, 15) is 4.79 Å². The van der Waals surface area contributed by atoms with Gasteiger partial charge in [-0.3, -0.25) is 9.69 Å². The lowest BCUT2D eigenvalue weighted by molar-refractivity contribution is 0.0374. The first-order valence-electron chi connectivity index (χ1n) is 8.96. The van der Waals surface area contributed by atoms with Gasteiger partial charge in [0.15, 0.2) is 0 Å². The van der Waals surface area contributed by atoms with Crippen LogP contribution >= 0.6 is 0 Å². The highest BCUT2D eigenvalue weighted by atomic mass is 16.5. The van der Waals surface area contributed by atoms with Gasteiger partial charge in [-0.15, -0.1) is 0 Å². The van der Waals surface area contributed by atoms with Gasteiger partial charge in [0, 0.05) is 25.2 Å². The Balaban J connectivity index is 1.42. The molecule has 1 aliphatic heterocycles. The molecule has 6 heteroatoms. The fraction of sp³-hybridized carbons (Fsp3) is 0.350. The van der Waals surface area contributed by atoms with Crippen LogP contribution in [-0.4, -0.2) is 50.2 Å². The molecule has 1 aliphatic rings. The van der Waals surface area contributed by atoms with Crippen LogP contribution in [-0.2, 0) is 4.74 Å². The van der Waals surface area contributed by atoms with Crippen LogP contribution in [0.1, 0.15) is 16.8 Å². The van der Waals surface area contributed by atoms with E-state index in [1.54, 1.807) is 24.3 Å². The second-order valence-corrected chi connectivity index (χ2v) is 6.15. The summed E-state index contributed by atoms with van der Waals surface area (Å²) in [7, 11) is 0. The number of ether oxygens (including phenoxy) is 1. The van der Waals surface area contributed by atoms with Crippen molar-refractivity contribution < 1.29 is 9.53 Å². The number of morpholine rings is 1. The second kappa shape index (κ2) is 9.79. The fourth-order valence-electron chi connectivity index (χ4n) is 2.72. The van der Waals surface area contributed by atoms with Crippen LogP contribution < -0.4 is 5.32 Å². The summed E-state index contributed by atoms with van der Waals surface area (Å²) in [5.74, 6) is -0.0569. The van der Waals surface area contributed by atoms with Crippen molar-refractivity contribution in [3.63, 3.8) is 0 Å². The zero-order chi connectivity index (χ0) is 18.0. The van der Waals surface area contributed by atoms with E-state index in [-0.39, 0.29) is 5.91 Å². The number of nitrogens with zero attached hydrogens (tertiary/aromatic N) is 3.